The minimum atomic E-state index is 0.0498. The zero-order chi connectivity index (χ0) is 10.6. The summed E-state index contributed by atoms with van der Waals surface area (Å²) >= 11 is 8.96. The van der Waals surface area contributed by atoms with Crippen LogP contribution in [-0.2, 0) is 0 Å². The van der Waals surface area contributed by atoms with Crippen LogP contribution in [0.25, 0.3) is 0 Å². The van der Waals surface area contributed by atoms with Gasteiger partial charge in [-0.25, -0.2) is 0 Å². The Bertz CT molecular complexity index is 355. The predicted molar refractivity (Wildman–Crippen MR) is 59.5 cm³/mol. The van der Waals surface area contributed by atoms with Gasteiger partial charge in [-0.2, -0.15) is 0 Å². The van der Waals surface area contributed by atoms with Crippen LogP contribution in [0.15, 0.2) is 27.8 Å². The van der Waals surface area contributed by atoms with E-state index in [-0.39, 0.29) is 5.17 Å². The fourth-order valence-electron chi connectivity index (χ4n) is 0.959. The maximum absolute atomic E-state index is 8.46. The summed E-state index contributed by atoms with van der Waals surface area (Å²) in [6, 6.07) is 5.21. The summed E-state index contributed by atoms with van der Waals surface area (Å²) < 4.78 is 6.09. The molecule has 0 bridgehead atoms. The molecular weight excluding hydrogens is 269 g/mol. The average Bonchev–Trinajstić information content (AvgIpc) is 2.20. The first-order valence-electron chi connectivity index (χ1n) is 3.99. The molecule has 0 fully saturated rings. The van der Waals surface area contributed by atoms with Gasteiger partial charge in [-0.1, -0.05) is 16.8 Å². The summed E-state index contributed by atoms with van der Waals surface area (Å²) in [4.78, 5) is 0. The van der Waals surface area contributed by atoms with Gasteiger partial charge in [0, 0.05) is 5.56 Å². The Balaban J connectivity index is 3.00. The first kappa shape index (κ1) is 11.3. The Morgan fingerprint density at radius 1 is 1.64 bits per heavy atom. The van der Waals surface area contributed by atoms with Crippen LogP contribution in [0.4, 0.5) is 0 Å². The number of hydrogen-bond acceptors (Lipinski definition) is 3. The molecule has 0 amide bonds. The molecule has 0 heterocycles. The quantitative estimate of drug-likeness (QED) is 0.524. The number of benzene rings is 1. The van der Waals surface area contributed by atoms with Crippen molar-refractivity contribution in [1.29, 1.82) is 0 Å². The van der Waals surface area contributed by atoms with E-state index >= 15 is 0 Å². The standard InChI is InChI=1S/C9H9BrClNO2/c1-2-14-8-4-3-6(5-7(8)10)9(11)12-13/h3-5,13H,2H2,1H3. The van der Waals surface area contributed by atoms with Crippen molar-refractivity contribution >= 4 is 32.7 Å². The van der Waals surface area contributed by atoms with Crippen LogP contribution in [0.3, 0.4) is 0 Å². The molecule has 1 aromatic rings. The van der Waals surface area contributed by atoms with Crippen molar-refractivity contribution in [3.63, 3.8) is 0 Å². The highest BCUT2D eigenvalue weighted by Crippen LogP contribution is 2.26. The van der Waals surface area contributed by atoms with E-state index in [0.29, 0.717) is 12.2 Å². The minimum Gasteiger partial charge on any atom is -0.493 e. The van der Waals surface area contributed by atoms with Crippen molar-refractivity contribution in [2.24, 2.45) is 5.16 Å². The maximum atomic E-state index is 8.46. The Morgan fingerprint density at radius 3 is 2.86 bits per heavy atom. The number of halogens is 2. The minimum absolute atomic E-state index is 0.0498. The van der Waals surface area contributed by atoms with Gasteiger partial charge in [-0.05, 0) is 41.1 Å². The van der Waals surface area contributed by atoms with E-state index in [0.717, 1.165) is 10.2 Å². The third kappa shape index (κ3) is 2.62. The highest BCUT2D eigenvalue weighted by atomic mass is 79.9. The molecule has 0 saturated carbocycles. The van der Waals surface area contributed by atoms with Gasteiger partial charge in [0.2, 0.25) is 0 Å². The average molecular weight is 279 g/mol. The SMILES string of the molecule is CCOc1ccc(C(Cl)=NO)cc1Br. The molecular formula is C9H9BrClNO2. The van der Waals surface area contributed by atoms with Crippen molar-refractivity contribution in [2.75, 3.05) is 6.61 Å². The number of hydrogen-bond donors (Lipinski definition) is 1. The molecule has 0 unspecified atom stereocenters. The fourth-order valence-corrected chi connectivity index (χ4v) is 1.57. The molecule has 1 aromatic carbocycles. The number of oxime groups is 1. The second-order valence-electron chi connectivity index (χ2n) is 2.47. The van der Waals surface area contributed by atoms with E-state index in [1.54, 1.807) is 18.2 Å². The van der Waals surface area contributed by atoms with E-state index in [4.69, 9.17) is 21.5 Å². The maximum Gasteiger partial charge on any atom is 0.175 e. The molecule has 14 heavy (non-hydrogen) atoms. The smallest absolute Gasteiger partial charge is 0.175 e. The van der Waals surface area contributed by atoms with Gasteiger partial charge in [-0.3, -0.25) is 0 Å². The summed E-state index contributed by atoms with van der Waals surface area (Å²) in [5.41, 5.74) is 0.629. The zero-order valence-corrected chi connectivity index (χ0v) is 9.84. The van der Waals surface area contributed by atoms with Gasteiger partial charge in [0.05, 0.1) is 11.1 Å². The molecule has 0 atom stereocenters. The van der Waals surface area contributed by atoms with Gasteiger partial charge in [0.1, 0.15) is 5.75 Å². The zero-order valence-electron chi connectivity index (χ0n) is 7.50. The molecule has 1 rings (SSSR count). The lowest BCUT2D eigenvalue weighted by molar-refractivity contribution is 0.320. The van der Waals surface area contributed by atoms with Crippen LogP contribution in [0.1, 0.15) is 12.5 Å². The fraction of sp³-hybridized carbons (Fsp3) is 0.222. The summed E-state index contributed by atoms with van der Waals surface area (Å²) in [5, 5.41) is 11.4. The number of ether oxygens (including phenoxy) is 1. The van der Waals surface area contributed by atoms with Crippen molar-refractivity contribution in [3.05, 3.63) is 28.2 Å². The molecule has 0 saturated heterocycles. The molecule has 0 aliphatic heterocycles. The molecule has 5 heteroatoms. The molecule has 76 valence electrons. The van der Waals surface area contributed by atoms with Crippen molar-refractivity contribution in [1.82, 2.24) is 0 Å². The first-order chi connectivity index (χ1) is 6.69. The van der Waals surface area contributed by atoms with Gasteiger partial charge in [0.15, 0.2) is 5.17 Å². The van der Waals surface area contributed by atoms with Crippen LogP contribution < -0.4 is 4.74 Å². The monoisotopic (exact) mass is 277 g/mol. The summed E-state index contributed by atoms with van der Waals surface area (Å²) in [6.07, 6.45) is 0. The summed E-state index contributed by atoms with van der Waals surface area (Å²) in [6.45, 7) is 2.50. The van der Waals surface area contributed by atoms with Gasteiger partial charge in [-0.15, -0.1) is 0 Å². The van der Waals surface area contributed by atoms with Gasteiger partial charge in [0.25, 0.3) is 0 Å². The Hall–Kier alpha value is -0.740. The lowest BCUT2D eigenvalue weighted by Crippen LogP contribution is -1.95. The predicted octanol–water partition coefficient (Wildman–Crippen LogP) is 3.22. The second-order valence-corrected chi connectivity index (χ2v) is 3.68. The Morgan fingerprint density at radius 2 is 2.36 bits per heavy atom. The Kier molecular flexibility index (Phi) is 4.22. The molecule has 0 aliphatic rings. The summed E-state index contributed by atoms with van der Waals surface area (Å²) in [7, 11) is 0. The largest absolute Gasteiger partial charge is 0.493 e. The second kappa shape index (κ2) is 5.22. The third-order valence-electron chi connectivity index (χ3n) is 1.56. The van der Waals surface area contributed by atoms with E-state index in [1.165, 1.54) is 0 Å². The molecule has 0 aliphatic carbocycles. The third-order valence-corrected chi connectivity index (χ3v) is 2.47. The number of rotatable bonds is 3. The lowest BCUT2D eigenvalue weighted by atomic mass is 10.2. The van der Waals surface area contributed by atoms with Crippen molar-refractivity contribution in [3.8, 4) is 5.75 Å². The highest BCUT2D eigenvalue weighted by Gasteiger charge is 2.05. The molecule has 1 N–H and O–H groups in total. The van der Waals surface area contributed by atoms with E-state index in [1.807, 2.05) is 6.92 Å². The summed E-state index contributed by atoms with van der Waals surface area (Å²) in [5.74, 6) is 0.735. The Labute approximate surface area is 95.5 Å². The van der Waals surface area contributed by atoms with Crippen LogP contribution in [-0.4, -0.2) is 17.0 Å². The van der Waals surface area contributed by atoms with Crippen LogP contribution in [0, 0.1) is 0 Å². The topological polar surface area (TPSA) is 41.8 Å². The van der Waals surface area contributed by atoms with E-state index < -0.39 is 0 Å². The van der Waals surface area contributed by atoms with Gasteiger partial charge >= 0.3 is 0 Å². The van der Waals surface area contributed by atoms with Gasteiger partial charge < -0.3 is 9.94 Å². The molecule has 3 nitrogen and oxygen atoms in total. The number of nitrogens with zero attached hydrogens (tertiary/aromatic N) is 1. The lowest BCUT2D eigenvalue weighted by Gasteiger charge is -2.06. The molecule has 0 spiro atoms. The first-order valence-corrected chi connectivity index (χ1v) is 5.16. The van der Waals surface area contributed by atoms with Crippen molar-refractivity contribution < 1.29 is 9.94 Å². The van der Waals surface area contributed by atoms with Crippen LogP contribution >= 0.6 is 27.5 Å². The van der Waals surface area contributed by atoms with Crippen molar-refractivity contribution in [2.45, 2.75) is 6.92 Å². The van der Waals surface area contributed by atoms with Crippen LogP contribution in [0.5, 0.6) is 5.75 Å². The van der Waals surface area contributed by atoms with E-state index in [2.05, 4.69) is 21.1 Å². The van der Waals surface area contributed by atoms with E-state index in [9.17, 15) is 0 Å². The van der Waals surface area contributed by atoms with Crippen LogP contribution in [0.2, 0.25) is 0 Å². The normalized spacial score (nSPS) is 11.5. The highest BCUT2D eigenvalue weighted by molar-refractivity contribution is 9.10. The molecule has 0 radical (unpaired) electrons. The molecule has 0 aromatic heterocycles.